The van der Waals surface area contributed by atoms with Gasteiger partial charge in [0.15, 0.2) is 0 Å². The molecule has 0 heterocycles. The molecular weight excluding hydrogens is 298 g/mol. The highest BCUT2D eigenvalue weighted by molar-refractivity contribution is 9.10. The van der Waals surface area contributed by atoms with Crippen molar-refractivity contribution in [2.24, 2.45) is 5.92 Å². The molecule has 18 heavy (non-hydrogen) atoms. The van der Waals surface area contributed by atoms with Crippen LogP contribution in [0, 0.1) is 5.92 Å². The Morgan fingerprint density at radius 3 is 2.56 bits per heavy atom. The Morgan fingerprint density at radius 1 is 1.28 bits per heavy atom. The van der Waals surface area contributed by atoms with E-state index in [1.807, 2.05) is 0 Å². The van der Waals surface area contributed by atoms with Crippen molar-refractivity contribution in [2.45, 2.75) is 25.7 Å². The van der Waals surface area contributed by atoms with Crippen molar-refractivity contribution in [3.63, 3.8) is 0 Å². The smallest absolute Gasteiger partial charge is 0.337 e. The highest BCUT2D eigenvalue weighted by Gasteiger charge is 2.23. The van der Waals surface area contributed by atoms with Crippen LogP contribution in [-0.4, -0.2) is 17.0 Å². The Labute approximate surface area is 114 Å². The number of carboxylic acids is 1. The molecule has 2 N–H and O–H groups in total. The second-order valence-corrected chi connectivity index (χ2v) is 5.38. The van der Waals surface area contributed by atoms with Gasteiger partial charge in [0.1, 0.15) is 0 Å². The van der Waals surface area contributed by atoms with Crippen LogP contribution in [0.4, 0.5) is 5.69 Å². The lowest BCUT2D eigenvalue weighted by atomic mass is 10.1. The first-order valence-electron chi connectivity index (χ1n) is 5.91. The third-order valence-electron chi connectivity index (χ3n) is 3.20. The van der Waals surface area contributed by atoms with Gasteiger partial charge in [0.05, 0.1) is 11.3 Å². The Balaban J connectivity index is 2.19. The van der Waals surface area contributed by atoms with Gasteiger partial charge in [0.25, 0.3) is 0 Å². The molecule has 5 heteroatoms. The van der Waals surface area contributed by atoms with Crippen molar-refractivity contribution < 1.29 is 14.7 Å². The minimum absolute atomic E-state index is 0.0191. The second-order valence-electron chi connectivity index (χ2n) is 4.47. The largest absolute Gasteiger partial charge is 0.478 e. The molecule has 1 fully saturated rings. The van der Waals surface area contributed by atoms with Gasteiger partial charge in [-0.15, -0.1) is 0 Å². The van der Waals surface area contributed by atoms with E-state index in [-0.39, 0.29) is 17.4 Å². The van der Waals surface area contributed by atoms with Gasteiger partial charge in [-0.05, 0) is 31.0 Å². The molecule has 1 aromatic carbocycles. The zero-order valence-corrected chi connectivity index (χ0v) is 11.4. The number of benzene rings is 1. The Hall–Kier alpha value is -1.36. The molecule has 1 aliphatic carbocycles. The molecule has 0 spiro atoms. The van der Waals surface area contributed by atoms with Crippen molar-refractivity contribution >= 4 is 33.5 Å². The SMILES string of the molecule is O=C(O)c1ccc(Br)cc1NC(=O)C1CCCC1. The summed E-state index contributed by atoms with van der Waals surface area (Å²) in [6.45, 7) is 0. The lowest BCUT2D eigenvalue weighted by molar-refractivity contribution is -0.119. The number of aromatic carboxylic acids is 1. The number of halogens is 1. The molecule has 0 radical (unpaired) electrons. The van der Waals surface area contributed by atoms with Gasteiger partial charge in [0.2, 0.25) is 5.91 Å². The van der Waals surface area contributed by atoms with Crippen LogP contribution in [-0.2, 0) is 4.79 Å². The predicted octanol–water partition coefficient (Wildman–Crippen LogP) is 3.28. The van der Waals surface area contributed by atoms with E-state index < -0.39 is 5.97 Å². The molecular formula is C13H14BrNO3. The number of carbonyl (C=O) groups is 2. The van der Waals surface area contributed by atoms with E-state index in [1.165, 1.54) is 6.07 Å². The van der Waals surface area contributed by atoms with E-state index in [1.54, 1.807) is 12.1 Å². The summed E-state index contributed by atoms with van der Waals surface area (Å²) < 4.78 is 0.745. The fourth-order valence-corrected chi connectivity index (χ4v) is 2.59. The van der Waals surface area contributed by atoms with Crippen LogP contribution in [0.5, 0.6) is 0 Å². The highest BCUT2D eigenvalue weighted by atomic mass is 79.9. The monoisotopic (exact) mass is 311 g/mol. The van der Waals surface area contributed by atoms with Gasteiger partial charge in [0, 0.05) is 10.4 Å². The average Bonchev–Trinajstić information content (AvgIpc) is 2.81. The van der Waals surface area contributed by atoms with Crippen LogP contribution in [0.15, 0.2) is 22.7 Å². The summed E-state index contributed by atoms with van der Waals surface area (Å²) in [6, 6.07) is 4.75. The van der Waals surface area contributed by atoms with Crippen LogP contribution < -0.4 is 5.32 Å². The number of carbonyl (C=O) groups excluding carboxylic acids is 1. The first-order valence-corrected chi connectivity index (χ1v) is 6.71. The molecule has 1 aromatic rings. The summed E-state index contributed by atoms with van der Waals surface area (Å²) >= 11 is 3.27. The van der Waals surface area contributed by atoms with Gasteiger partial charge >= 0.3 is 5.97 Å². The summed E-state index contributed by atoms with van der Waals surface area (Å²) in [7, 11) is 0. The summed E-state index contributed by atoms with van der Waals surface area (Å²) in [4.78, 5) is 23.1. The number of amides is 1. The third-order valence-corrected chi connectivity index (χ3v) is 3.69. The van der Waals surface area contributed by atoms with E-state index in [4.69, 9.17) is 5.11 Å². The van der Waals surface area contributed by atoms with Crippen LogP contribution in [0.2, 0.25) is 0 Å². The number of hydrogen-bond donors (Lipinski definition) is 2. The van der Waals surface area contributed by atoms with E-state index in [0.717, 1.165) is 30.2 Å². The molecule has 96 valence electrons. The summed E-state index contributed by atoms with van der Waals surface area (Å²) in [5.74, 6) is -1.09. The first kappa shape index (κ1) is 13.1. The number of rotatable bonds is 3. The predicted molar refractivity (Wildman–Crippen MR) is 71.7 cm³/mol. The van der Waals surface area contributed by atoms with E-state index >= 15 is 0 Å². The van der Waals surface area contributed by atoms with E-state index in [9.17, 15) is 9.59 Å². The van der Waals surface area contributed by atoms with Crippen molar-refractivity contribution in [2.75, 3.05) is 5.32 Å². The minimum Gasteiger partial charge on any atom is -0.478 e. The Bertz CT molecular complexity index is 481. The number of carboxylic acid groups (broad SMARTS) is 1. The molecule has 4 nitrogen and oxygen atoms in total. The fraction of sp³-hybridized carbons (Fsp3) is 0.385. The standard InChI is InChI=1S/C13H14BrNO3/c14-9-5-6-10(13(17)18)11(7-9)15-12(16)8-3-1-2-4-8/h5-8H,1-4H2,(H,15,16)(H,17,18). The summed E-state index contributed by atoms with van der Waals surface area (Å²) in [5.41, 5.74) is 0.471. The minimum atomic E-state index is -1.04. The molecule has 1 amide bonds. The normalized spacial score (nSPS) is 15.6. The maximum Gasteiger partial charge on any atom is 0.337 e. The van der Waals surface area contributed by atoms with Gasteiger partial charge in [-0.1, -0.05) is 28.8 Å². The Kier molecular flexibility index (Phi) is 4.01. The van der Waals surface area contributed by atoms with E-state index in [0.29, 0.717) is 5.69 Å². The van der Waals surface area contributed by atoms with E-state index in [2.05, 4.69) is 21.2 Å². The third kappa shape index (κ3) is 2.90. The van der Waals surface area contributed by atoms with Crippen LogP contribution in [0.3, 0.4) is 0 Å². The van der Waals surface area contributed by atoms with Crippen LogP contribution in [0.25, 0.3) is 0 Å². The molecule has 0 aliphatic heterocycles. The van der Waals surface area contributed by atoms with Gasteiger partial charge < -0.3 is 10.4 Å². The topological polar surface area (TPSA) is 66.4 Å². The second kappa shape index (κ2) is 5.52. The molecule has 0 bridgehead atoms. The quantitative estimate of drug-likeness (QED) is 0.900. The first-order chi connectivity index (χ1) is 8.58. The zero-order chi connectivity index (χ0) is 13.1. The van der Waals surface area contributed by atoms with Crippen molar-refractivity contribution in [1.82, 2.24) is 0 Å². The highest BCUT2D eigenvalue weighted by Crippen LogP contribution is 2.27. The molecule has 0 saturated heterocycles. The van der Waals surface area contributed by atoms with Crippen molar-refractivity contribution in [1.29, 1.82) is 0 Å². The fourth-order valence-electron chi connectivity index (χ4n) is 2.23. The van der Waals surface area contributed by atoms with Crippen LogP contribution >= 0.6 is 15.9 Å². The molecule has 1 aliphatic rings. The molecule has 0 atom stereocenters. The number of hydrogen-bond acceptors (Lipinski definition) is 2. The number of nitrogens with one attached hydrogen (secondary N) is 1. The summed E-state index contributed by atoms with van der Waals surface area (Å²) in [5, 5.41) is 11.8. The molecule has 1 saturated carbocycles. The van der Waals surface area contributed by atoms with Gasteiger partial charge in [-0.25, -0.2) is 4.79 Å². The van der Waals surface area contributed by atoms with Gasteiger partial charge in [-0.2, -0.15) is 0 Å². The van der Waals surface area contributed by atoms with Gasteiger partial charge in [-0.3, -0.25) is 4.79 Å². The lowest BCUT2D eigenvalue weighted by Gasteiger charge is -2.12. The van der Waals surface area contributed by atoms with Crippen molar-refractivity contribution in [3.05, 3.63) is 28.2 Å². The zero-order valence-electron chi connectivity index (χ0n) is 9.78. The lowest BCUT2D eigenvalue weighted by Crippen LogP contribution is -2.21. The molecule has 0 unspecified atom stereocenters. The number of anilines is 1. The van der Waals surface area contributed by atoms with Crippen molar-refractivity contribution in [3.8, 4) is 0 Å². The maximum absolute atomic E-state index is 12.0. The molecule has 2 rings (SSSR count). The maximum atomic E-state index is 12.0. The molecule has 0 aromatic heterocycles. The average molecular weight is 312 g/mol. The summed E-state index contributed by atoms with van der Waals surface area (Å²) in [6.07, 6.45) is 3.93. The Morgan fingerprint density at radius 2 is 1.94 bits per heavy atom. The van der Waals surface area contributed by atoms with Crippen LogP contribution in [0.1, 0.15) is 36.0 Å².